The lowest BCUT2D eigenvalue weighted by Gasteiger charge is -2.24. The molecule has 1 aliphatic heterocycles. The second kappa shape index (κ2) is 7.80. The average molecular weight is 449 g/mol. The molecule has 0 aliphatic carbocycles. The first-order valence-electron chi connectivity index (χ1n) is 10.1. The largest absolute Gasteiger partial charge is 0.497 e. The number of carbonyl (C=O) groups excluding carboxylic acids is 1. The molecule has 0 spiro atoms. The number of anilines is 1. The van der Waals surface area contributed by atoms with E-state index in [9.17, 15) is 9.59 Å². The van der Waals surface area contributed by atoms with Crippen molar-refractivity contribution in [3.8, 4) is 11.5 Å². The summed E-state index contributed by atoms with van der Waals surface area (Å²) in [6.45, 7) is 2.02. The Kier molecular flexibility index (Phi) is 4.94. The van der Waals surface area contributed by atoms with E-state index in [1.807, 2.05) is 19.1 Å². The Morgan fingerprint density at radius 1 is 1.12 bits per heavy atom. The molecule has 0 fully saturated rings. The van der Waals surface area contributed by atoms with Crippen molar-refractivity contribution < 1.29 is 18.7 Å². The molecular formula is C24H20N2O5S. The van der Waals surface area contributed by atoms with Crippen molar-refractivity contribution in [3.63, 3.8) is 0 Å². The molecule has 2 aromatic carbocycles. The standard InChI is InChI=1S/C24H20N2O5S/c1-4-13-5-7-18-16(11-13)21(27)19-20(15-12-14(29-2)6-8-17(15)30-3)26(23(28)22(19)31-18)24-25-9-10-32-24/h5-12,20H,4H2,1-3H3. The number of methoxy groups -OCH3 is 2. The number of rotatable bonds is 5. The lowest BCUT2D eigenvalue weighted by molar-refractivity contribution is 0.0970. The van der Waals surface area contributed by atoms with Gasteiger partial charge >= 0.3 is 0 Å². The van der Waals surface area contributed by atoms with Gasteiger partial charge in [0.1, 0.15) is 23.1 Å². The maximum atomic E-state index is 13.8. The maximum absolute atomic E-state index is 13.8. The van der Waals surface area contributed by atoms with E-state index in [-0.39, 0.29) is 16.8 Å². The summed E-state index contributed by atoms with van der Waals surface area (Å²) in [6.07, 6.45) is 2.40. The topological polar surface area (TPSA) is 81.9 Å². The van der Waals surface area contributed by atoms with Crippen LogP contribution in [0, 0.1) is 0 Å². The van der Waals surface area contributed by atoms with Crippen molar-refractivity contribution in [1.82, 2.24) is 4.98 Å². The third-order valence-corrected chi connectivity index (χ3v) is 6.47. The van der Waals surface area contributed by atoms with Crippen LogP contribution >= 0.6 is 11.3 Å². The number of hydrogen-bond acceptors (Lipinski definition) is 7. The van der Waals surface area contributed by atoms with Crippen LogP contribution in [0.15, 0.2) is 57.2 Å². The van der Waals surface area contributed by atoms with E-state index >= 15 is 0 Å². The van der Waals surface area contributed by atoms with E-state index in [0.29, 0.717) is 33.2 Å². The summed E-state index contributed by atoms with van der Waals surface area (Å²) in [6, 6.07) is 10.0. The molecule has 5 rings (SSSR count). The number of aryl methyl sites for hydroxylation is 1. The second-order valence-electron chi connectivity index (χ2n) is 7.36. The predicted molar refractivity (Wildman–Crippen MR) is 122 cm³/mol. The summed E-state index contributed by atoms with van der Waals surface area (Å²) < 4.78 is 17.0. The number of thiazole rings is 1. The Morgan fingerprint density at radius 3 is 2.66 bits per heavy atom. The number of amides is 1. The van der Waals surface area contributed by atoms with Crippen molar-refractivity contribution in [1.29, 1.82) is 0 Å². The molecule has 0 saturated heterocycles. The fraction of sp³-hybridized carbons (Fsp3) is 0.208. The summed E-state index contributed by atoms with van der Waals surface area (Å²) >= 11 is 1.31. The quantitative estimate of drug-likeness (QED) is 0.445. The first-order chi connectivity index (χ1) is 15.6. The van der Waals surface area contributed by atoms with Gasteiger partial charge in [-0.1, -0.05) is 13.0 Å². The summed E-state index contributed by atoms with van der Waals surface area (Å²) in [4.78, 5) is 33.1. The van der Waals surface area contributed by atoms with Crippen LogP contribution in [0.1, 0.15) is 40.2 Å². The van der Waals surface area contributed by atoms with E-state index < -0.39 is 11.9 Å². The zero-order valence-corrected chi connectivity index (χ0v) is 18.6. The van der Waals surface area contributed by atoms with Gasteiger partial charge in [0, 0.05) is 17.1 Å². The molecule has 0 saturated carbocycles. The van der Waals surface area contributed by atoms with Crippen molar-refractivity contribution in [2.45, 2.75) is 19.4 Å². The zero-order chi connectivity index (χ0) is 22.4. The molecule has 7 nitrogen and oxygen atoms in total. The van der Waals surface area contributed by atoms with Gasteiger partial charge in [0.05, 0.1) is 25.2 Å². The molecule has 1 amide bonds. The highest BCUT2D eigenvalue weighted by Crippen LogP contribution is 2.45. The molecule has 8 heteroatoms. The Balaban J connectivity index is 1.85. The number of aromatic nitrogens is 1. The lowest BCUT2D eigenvalue weighted by Crippen LogP contribution is -2.29. The van der Waals surface area contributed by atoms with Crippen LogP contribution in [0.3, 0.4) is 0 Å². The van der Waals surface area contributed by atoms with Crippen molar-refractivity contribution >= 4 is 33.3 Å². The van der Waals surface area contributed by atoms with Gasteiger partial charge < -0.3 is 13.9 Å². The number of hydrogen-bond donors (Lipinski definition) is 0. The van der Waals surface area contributed by atoms with Crippen LogP contribution in [0.2, 0.25) is 0 Å². The number of nitrogens with zero attached hydrogens (tertiary/aromatic N) is 2. The minimum atomic E-state index is -0.764. The van der Waals surface area contributed by atoms with Gasteiger partial charge in [-0.15, -0.1) is 11.3 Å². The maximum Gasteiger partial charge on any atom is 0.297 e. The molecule has 162 valence electrons. The van der Waals surface area contributed by atoms with Crippen LogP contribution in [-0.4, -0.2) is 25.1 Å². The molecule has 1 atom stereocenters. The highest BCUT2D eigenvalue weighted by Gasteiger charge is 2.46. The minimum Gasteiger partial charge on any atom is -0.497 e. The van der Waals surface area contributed by atoms with E-state index in [2.05, 4.69) is 4.98 Å². The number of carbonyl (C=O) groups is 1. The van der Waals surface area contributed by atoms with Crippen LogP contribution < -0.4 is 19.8 Å². The first kappa shape index (κ1) is 20.3. The Bertz CT molecular complexity index is 1390. The molecule has 1 unspecified atom stereocenters. The Hall–Kier alpha value is -3.65. The molecule has 0 bridgehead atoms. The third-order valence-electron chi connectivity index (χ3n) is 5.70. The fourth-order valence-corrected chi connectivity index (χ4v) is 4.79. The van der Waals surface area contributed by atoms with Crippen molar-refractivity contribution in [3.05, 3.63) is 80.6 Å². The average Bonchev–Trinajstić information content (AvgIpc) is 3.45. The summed E-state index contributed by atoms with van der Waals surface area (Å²) in [5.74, 6) is 0.722. The summed E-state index contributed by atoms with van der Waals surface area (Å²) in [5.41, 5.74) is 2.06. The molecule has 3 heterocycles. The number of ether oxygens (including phenoxy) is 2. The van der Waals surface area contributed by atoms with Crippen molar-refractivity contribution in [2.24, 2.45) is 0 Å². The molecule has 2 aromatic heterocycles. The van der Waals surface area contributed by atoms with Gasteiger partial charge in [0.25, 0.3) is 5.91 Å². The molecular weight excluding hydrogens is 428 g/mol. The third kappa shape index (κ3) is 2.98. The molecule has 0 N–H and O–H groups in total. The minimum absolute atomic E-state index is 0.0248. The van der Waals surface area contributed by atoms with Crippen molar-refractivity contribution in [2.75, 3.05) is 19.1 Å². The monoisotopic (exact) mass is 448 g/mol. The first-order valence-corrected chi connectivity index (χ1v) is 11.0. The summed E-state index contributed by atoms with van der Waals surface area (Å²) in [5, 5.41) is 2.70. The highest BCUT2D eigenvalue weighted by molar-refractivity contribution is 7.13. The second-order valence-corrected chi connectivity index (χ2v) is 8.23. The smallest absolute Gasteiger partial charge is 0.297 e. The van der Waals surface area contributed by atoms with Gasteiger partial charge in [-0.25, -0.2) is 4.98 Å². The van der Waals surface area contributed by atoms with Crippen LogP contribution in [-0.2, 0) is 6.42 Å². The molecule has 0 radical (unpaired) electrons. The normalized spacial score (nSPS) is 15.3. The highest BCUT2D eigenvalue weighted by atomic mass is 32.1. The van der Waals surface area contributed by atoms with Crippen LogP contribution in [0.5, 0.6) is 11.5 Å². The Labute approximate surface area is 187 Å². The fourth-order valence-electron chi connectivity index (χ4n) is 4.12. The number of fused-ring (bicyclic) bond motifs is 2. The van der Waals surface area contributed by atoms with Gasteiger partial charge in [0.15, 0.2) is 10.6 Å². The number of benzene rings is 2. The van der Waals surface area contributed by atoms with E-state index in [0.717, 1.165) is 12.0 Å². The zero-order valence-electron chi connectivity index (χ0n) is 17.7. The summed E-state index contributed by atoms with van der Waals surface area (Å²) in [7, 11) is 3.11. The molecule has 32 heavy (non-hydrogen) atoms. The molecule has 1 aliphatic rings. The van der Waals surface area contributed by atoms with Gasteiger partial charge in [-0.2, -0.15) is 0 Å². The van der Waals surface area contributed by atoms with Crippen LogP contribution in [0.25, 0.3) is 11.0 Å². The SMILES string of the molecule is CCc1ccc2oc3c(c(=O)c2c1)C(c1cc(OC)ccc1OC)N(c1nccs1)C3=O. The molecule has 4 aromatic rings. The van der Waals surface area contributed by atoms with Gasteiger partial charge in [-0.3, -0.25) is 14.5 Å². The van der Waals surface area contributed by atoms with Gasteiger partial charge in [-0.05, 0) is 42.3 Å². The lowest BCUT2D eigenvalue weighted by atomic mass is 9.97. The van der Waals surface area contributed by atoms with Gasteiger partial charge in [0.2, 0.25) is 5.76 Å². The van der Waals surface area contributed by atoms with E-state index in [1.54, 1.807) is 50.1 Å². The van der Waals surface area contributed by atoms with E-state index in [1.165, 1.54) is 16.2 Å². The predicted octanol–water partition coefficient (Wildman–Crippen LogP) is 4.58. The van der Waals surface area contributed by atoms with Crippen LogP contribution in [0.4, 0.5) is 5.13 Å². The Morgan fingerprint density at radius 2 is 1.97 bits per heavy atom. The van der Waals surface area contributed by atoms with E-state index in [4.69, 9.17) is 13.9 Å².